The fourth-order valence-corrected chi connectivity index (χ4v) is 4.29. The lowest BCUT2D eigenvalue weighted by molar-refractivity contribution is 0.865. The number of hydrogen-bond acceptors (Lipinski definition) is 3. The average Bonchev–Trinajstić information content (AvgIpc) is 3.36. The van der Waals surface area contributed by atoms with Gasteiger partial charge in [0.1, 0.15) is 5.69 Å². The van der Waals surface area contributed by atoms with Crippen LogP contribution in [0.15, 0.2) is 120 Å². The van der Waals surface area contributed by atoms with Crippen molar-refractivity contribution < 1.29 is 0 Å². The van der Waals surface area contributed by atoms with Gasteiger partial charge in [0.25, 0.3) is 5.56 Å². The molecule has 4 aromatic carbocycles. The van der Waals surface area contributed by atoms with Gasteiger partial charge in [0, 0.05) is 5.56 Å². The summed E-state index contributed by atoms with van der Waals surface area (Å²) in [5, 5.41) is 5.52. The van der Waals surface area contributed by atoms with Gasteiger partial charge in [-0.25, -0.2) is 9.67 Å². The predicted molar refractivity (Wildman–Crippen MR) is 140 cm³/mol. The average molecular weight is 455 g/mol. The molecule has 0 spiro atoms. The lowest BCUT2D eigenvalue weighted by Gasteiger charge is -2.15. The summed E-state index contributed by atoms with van der Waals surface area (Å²) in [7, 11) is 0. The molecule has 6 rings (SSSR count). The Morgan fingerprint density at radius 1 is 0.686 bits per heavy atom. The zero-order chi connectivity index (χ0) is 23.8. The molecule has 0 aliphatic heterocycles. The highest BCUT2D eigenvalue weighted by atomic mass is 16.1. The van der Waals surface area contributed by atoms with Crippen molar-refractivity contribution in [3.05, 3.63) is 131 Å². The largest absolute Gasteiger partial charge is 0.268 e. The van der Waals surface area contributed by atoms with E-state index in [4.69, 9.17) is 10.1 Å². The molecule has 6 aromatic rings. The van der Waals surface area contributed by atoms with E-state index >= 15 is 0 Å². The summed E-state index contributed by atoms with van der Waals surface area (Å²) in [5.74, 6) is 0.538. The number of nitrogens with zero attached hydrogens (tertiary/aromatic N) is 4. The lowest BCUT2D eigenvalue weighted by Crippen LogP contribution is -2.22. The summed E-state index contributed by atoms with van der Waals surface area (Å²) in [5.41, 5.74) is 5.85. The molecule has 0 aliphatic carbocycles. The molecular formula is C30H22N4O. The van der Waals surface area contributed by atoms with Gasteiger partial charge in [-0.05, 0) is 49.4 Å². The fraction of sp³-hybridized carbons (Fsp3) is 0.0333. The van der Waals surface area contributed by atoms with Crippen molar-refractivity contribution in [1.82, 2.24) is 19.3 Å². The van der Waals surface area contributed by atoms with E-state index in [1.165, 1.54) is 0 Å². The minimum absolute atomic E-state index is 0.114. The maximum Gasteiger partial charge on any atom is 0.266 e. The van der Waals surface area contributed by atoms with E-state index in [0.717, 1.165) is 33.9 Å². The Balaban J connectivity index is 1.70. The van der Waals surface area contributed by atoms with E-state index in [1.54, 1.807) is 4.57 Å². The topological polar surface area (TPSA) is 52.7 Å². The van der Waals surface area contributed by atoms with Gasteiger partial charge in [-0.1, -0.05) is 78.4 Å². The first-order chi connectivity index (χ1) is 17.2. The van der Waals surface area contributed by atoms with Crippen LogP contribution in [0.4, 0.5) is 0 Å². The molecule has 0 fully saturated rings. The van der Waals surface area contributed by atoms with Crippen LogP contribution >= 0.6 is 0 Å². The third-order valence-corrected chi connectivity index (χ3v) is 6.08. The van der Waals surface area contributed by atoms with Gasteiger partial charge in [0.15, 0.2) is 5.82 Å². The standard InChI is InChI=1S/C30H22N4O/c1-21-16-18-23(19-17-21)33-29(31-26-15-9-8-14-25(26)30(33)35)28-20-27(22-10-4-2-5-11-22)32-34(28)24-12-6-3-7-13-24/h2-20H,1H3. The molecule has 0 radical (unpaired) electrons. The SMILES string of the molecule is Cc1ccc(-n2c(-c3cc(-c4ccccc4)nn3-c3ccccc3)nc3ccccc3c2=O)cc1. The summed E-state index contributed by atoms with van der Waals surface area (Å²) < 4.78 is 3.55. The molecule has 0 N–H and O–H groups in total. The maximum absolute atomic E-state index is 13.8. The molecule has 0 amide bonds. The second-order valence-corrected chi connectivity index (χ2v) is 8.46. The first-order valence-electron chi connectivity index (χ1n) is 11.5. The first-order valence-corrected chi connectivity index (χ1v) is 11.5. The molecule has 0 unspecified atom stereocenters. The first kappa shape index (κ1) is 20.8. The summed E-state index contributed by atoms with van der Waals surface area (Å²) in [6.45, 7) is 2.03. The summed E-state index contributed by atoms with van der Waals surface area (Å²) in [6.07, 6.45) is 0. The van der Waals surface area contributed by atoms with Crippen LogP contribution in [0, 0.1) is 6.92 Å². The van der Waals surface area contributed by atoms with Gasteiger partial charge in [-0.2, -0.15) is 5.10 Å². The normalized spacial score (nSPS) is 11.1. The Bertz CT molecular complexity index is 1700. The van der Waals surface area contributed by atoms with Gasteiger partial charge in [0.05, 0.1) is 28.0 Å². The van der Waals surface area contributed by atoms with Gasteiger partial charge in [0.2, 0.25) is 0 Å². The third-order valence-electron chi connectivity index (χ3n) is 6.08. The predicted octanol–water partition coefficient (Wildman–Crippen LogP) is 6.21. The zero-order valence-corrected chi connectivity index (χ0v) is 19.2. The van der Waals surface area contributed by atoms with Gasteiger partial charge < -0.3 is 0 Å². The van der Waals surface area contributed by atoms with E-state index in [1.807, 2.05) is 127 Å². The van der Waals surface area contributed by atoms with Crippen LogP contribution in [0.2, 0.25) is 0 Å². The number of aryl methyl sites for hydroxylation is 1. The lowest BCUT2D eigenvalue weighted by atomic mass is 10.1. The molecule has 5 heteroatoms. The van der Waals surface area contributed by atoms with Crippen molar-refractivity contribution in [1.29, 1.82) is 0 Å². The Morgan fingerprint density at radius 2 is 1.34 bits per heavy atom. The highest BCUT2D eigenvalue weighted by Gasteiger charge is 2.20. The van der Waals surface area contributed by atoms with Crippen LogP contribution in [0.5, 0.6) is 0 Å². The molecule has 0 saturated heterocycles. The highest BCUT2D eigenvalue weighted by Crippen LogP contribution is 2.29. The van der Waals surface area contributed by atoms with Crippen LogP contribution in [0.1, 0.15) is 5.56 Å². The van der Waals surface area contributed by atoms with Crippen molar-refractivity contribution in [3.63, 3.8) is 0 Å². The molecular weight excluding hydrogens is 432 g/mol. The molecule has 2 heterocycles. The van der Waals surface area contributed by atoms with Crippen LogP contribution in [-0.2, 0) is 0 Å². The summed E-state index contributed by atoms with van der Waals surface area (Å²) >= 11 is 0. The van der Waals surface area contributed by atoms with Crippen molar-refractivity contribution in [3.8, 4) is 34.2 Å². The molecule has 0 bridgehead atoms. The zero-order valence-electron chi connectivity index (χ0n) is 19.2. The molecule has 0 atom stereocenters. The number of benzene rings is 4. The Hall–Kier alpha value is -4.77. The maximum atomic E-state index is 13.8. The van der Waals surface area contributed by atoms with E-state index in [2.05, 4.69) is 0 Å². The van der Waals surface area contributed by atoms with Crippen molar-refractivity contribution in [2.75, 3.05) is 0 Å². The number of hydrogen-bond donors (Lipinski definition) is 0. The highest BCUT2D eigenvalue weighted by molar-refractivity contribution is 5.81. The number of para-hydroxylation sites is 2. The third kappa shape index (κ3) is 3.73. The van der Waals surface area contributed by atoms with E-state index < -0.39 is 0 Å². The Kier molecular flexibility index (Phi) is 5.08. The van der Waals surface area contributed by atoms with Crippen molar-refractivity contribution >= 4 is 10.9 Å². The van der Waals surface area contributed by atoms with Gasteiger partial charge in [-0.3, -0.25) is 9.36 Å². The molecule has 168 valence electrons. The number of aromatic nitrogens is 4. The fourth-order valence-electron chi connectivity index (χ4n) is 4.29. The van der Waals surface area contributed by atoms with Crippen molar-refractivity contribution in [2.24, 2.45) is 0 Å². The van der Waals surface area contributed by atoms with Crippen molar-refractivity contribution in [2.45, 2.75) is 6.92 Å². The molecule has 2 aromatic heterocycles. The molecule has 0 saturated carbocycles. The summed E-state index contributed by atoms with van der Waals surface area (Å²) in [6, 6.07) is 37.4. The van der Waals surface area contributed by atoms with Crippen LogP contribution in [0.25, 0.3) is 45.1 Å². The summed E-state index contributed by atoms with van der Waals surface area (Å²) in [4.78, 5) is 18.8. The molecule has 0 aliphatic rings. The number of rotatable bonds is 4. The minimum atomic E-state index is -0.114. The van der Waals surface area contributed by atoms with E-state index in [9.17, 15) is 4.79 Å². The van der Waals surface area contributed by atoms with Crippen LogP contribution in [0.3, 0.4) is 0 Å². The Labute approximate surface area is 202 Å². The van der Waals surface area contributed by atoms with E-state index in [-0.39, 0.29) is 5.56 Å². The van der Waals surface area contributed by atoms with E-state index in [0.29, 0.717) is 16.7 Å². The van der Waals surface area contributed by atoms with Crippen LogP contribution < -0.4 is 5.56 Å². The Morgan fingerprint density at radius 3 is 2.09 bits per heavy atom. The number of fused-ring (bicyclic) bond motifs is 1. The van der Waals surface area contributed by atoms with Gasteiger partial charge in [-0.15, -0.1) is 0 Å². The second kappa shape index (κ2) is 8.54. The minimum Gasteiger partial charge on any atom is -0.268 e. The quantitative estimate of drug-likeness (QED) is 0.318. The molecule has 5 nitrogen and oxygen atoms in total. The van der Waals surface area contributed by atoms with Gasteiger partial charge >= 0.3 is 0 Å². The smallest absolute Gasteiger partial charge is 0.266 e. The second-order valence-electron chi connectivity index (χ2n) is 8.46. The van der Waals surface area contributed by atoms with Crippen LogP contribution in [-0.4, -0.2) is 19.3 Å². The molecule has 35 heavy (non-hydrogen) atoms. The monoisotopic (exact) mass is 454 g/mol.